The lowest BCUT2D eigenvalue weighted by Crippen LogP contribution is -2.71. The highest BCUT2D eigenvalue weighted by Gasteiger charge is 2.64. The predicted octanol–water partition coefficient (Wildman–Crippen LogP) is -26.4. The first kappa shape index (κ1) is 122. The Bertz CT molecular complexity index is 4130. The fourth-order valence-corrected chi connectivity index (χ4v) is 19.3. The summed E-state index contributed by atoms with van der Waals surface area (Å²) in [5.41, 5.74) is 0. The molecular weight excluding hydrogens is 2030 g/mol. The summed E-state index contributed by atoms with van der Waals surface area (Å²) in [5.74, 6) is -4.86. The third-order valence-corrected chi connectivity index (χ3v) is 27.1. The second-order valence-electron chi connectivity index (χ2n) is 37.3. The van der Waals surface area contributed by atoms with Crippen molar-refractivity contribution in [2.24, 2.45) is 0 Å². The molecule has 0 bridgehead atoms. The molecule has 12 saturated heterocycles. The van der Waals surface area contributed by atoms with Gasteiger partial charge in [0.15, 0.2) is 75.5 Å². The van der Waals surface area contributed by atoms with Crippen LogP contribution in [0.25, 0.3) is 0 Å². The summed E-state index contributed by atoms with van der Waals surface area (Å²) >= 11 is 0. The number of carbonyl (C=O) groups excluding carboxylic acids is 5. The van der Waals surface area contributed by atoms with E-state index in [-0.39, 0.29) is 0 Å². The van der Waals surface area contributed by atoms with E-state index in [1.807, 2.05) is 0 Å². The highest BCUT2D eigenvalue weighted by atomic mass is 16.8. The Morgan fingerprint density at radius 2 is 0.365 bits per heavy atom. The van der Waals surface area contributed by atoms with Gasteiger partial charge in [-0.1, -0.05) is 0 Å². The minimum Gasteiger partial charge on any atom is -0.394 e. The van der Waals surface area contributed by atoms with Crippen LogP contribution in [0.5, 0.6) is 0 Å². The maximum Gasteiger partial charge on any atom is 0.217 e. The quantitative estimate of drug-likeness (QED) is 0.0272. The first-order valence-electron chi connectivity index (χ1n) is 47.2. The molecule has 0 aromatic carbocycles. The predicted molar refractivity (Wildman–Crippen MR) is 453 cm³/mol. The minimum atomic E-state index is -2.69. The van der Waals surface area contributed by atoms with Crippen LogP contribution in [0, 0.1) is 0 Å². The van der Waals surface area contributed by atoms with Gasteiger partial charge in [-0.15, -0.1) is 0 Å². The molecule has 12 aliphatic rings. The molecule has 856 valence electrons. The fraction of sp³-hybridized carbons (Fsp3) is 0.939. The molecule has 12 heterocycles. The van der Waals surface area contributed by atoms with Crippen molar-refractivity contribution in [2.75, 3.05) is 79.3 Å². The monoisotopic (exact) mass is 2170 g/mol. The molecule has 38 N–H and O–H groups in total. The zero-order valence-corrected chi connectivity index (χ0v) is 79.3. The van der Waals surface area contributed by atoms with Crippen molar-refractivity contribution >= 4 is 29.5 Å². The lowest BCUT2D eigenvalue weighted by molar-refractivity contribution is -0.400. The van der Waals surface area contributed by atoms with Gasteiger partial charge in [0.25, 0.3) is 0 Å². The van der Waals surface area contributed by atoms with Crippen LogP contribution in [0.4, 0.5) is 0 Å². The van der Waals surface area contributed by atoms with Crippen LogP contribution >= 0.6 is 0 Å². The van der Waals surface area contributed by atoms with E-state index in [4.69, 9.17) is 109 Å². The minimum absolute atomic E-state index is 0.828. The van der Waals surface area contributed by atoms with Crippen LogP contribution in [0.15, 0.2) is 0 Å². The number of aliphatic hydroxyl groups is 33. The molecule has 0 radical (unpaired) electrons. The van der Waals surface area contributed by atoms with E-state index < -0.39 is 477 Å². The van der Waals surface area contributed by atoms with E-state index in [9.17, 15) is 192 Å². The van der Waals surface area contributed by atoms with Gasteiger partial charge in [-0.3, -0.25) is 24.0 Å². The molecular formula is C82H137N5O61. The molecule has 12 fully saturated rings. The summed E-state index contributed by atoms with van der Waals surface area (Å²) < 4.78 is 137. The van der Waals surface area contributed by atoms with Crippen LogP contribution in [0.2, 0.25) is 0 Å². The van der Waals surface area contributed by atoms with E-state index in [0.29, 0.717) is 0 Å². The normalized spacial score (nSPS) is 49.3. The third-order valence-electron chi connectivity index (χ3n) is 27.1. The summed E-state index contributed by atoms with van der Waals surface area (Å²) in [6, 6.07) is -9.82. The highest BCUT2D eigenvalue weighted by molar-refractivity contribution is 5.75. The van der Waals surface area contributed by atoms with Gasteiger partial charge in [0.05, 0.1) is 79.3 Å². The average Bonchev–Trinajstić information content (AvgIpc) is 0.760. The van der Waals surface area contributed by atoms with Crippen molar-refractivity contribution in [3.63, 3.8) is 0 Å². The second kappa shape index (κ2) is 53.4. The van der Waals surface area contributed by atoms with Gasteiger partial charge >= 0.3 is 0 Å². The maximum absolute atomic E-state index is 13.4. The van der Waals surface area contributed by atoms with Gasteiger partial charge in [0.1, 0.15) is 293 Å². The lowest BCUT2D eigenvalue weighted by atomic mass is 9.93. The number of aliphatic hydroxyl groups excluding tert-OH is 33. The lowest BCUT2D eigenvalue weighted by Gasteiger charge is -2.51. The maximum atomic E-state index is 13.4. The molecule has 60 atom stereocenters. The smallest absolute Gasteiger partial charge is 0.217 e. The van der Waals surface area contributed by atoms with E-state index in [1.165, 1.54) is 0 Å². The molecule has 66 heteroatoms. The standard InChI is InChI=1S/C82H137N5O61/c1-18(99)83-35-47(111)61(29(12-94)127-71(35)125)139-72-36(84-19(2)100)48(112)65(31(14-96)134-72)143-80-60(124)68(46(110)34(138-80)17-126-81-69(54(118)42(106)25(8-90)132-81)147-74-38(86-21(4)102)50(114)63(32(15-97)136-74)142-79-59(123)67(45(109)28(11-93)131-79)145-77-57(121)53(117)41(105)24(7-89)129-77)146-82-70(55(119)43(107)26(9-91)133-82)148-75-39(87-22(5)103)51(115)64(33(16-98)137-75)141-78-58(122)66(44(108)27(10-92)130-78)144-73-37(85-20(3)101)49(113)62(30(13-95)135-73)140-76-56(120)52(116)40(104)23(6-88)128-76/h23-82,88-98,104-125H,6-17H2,1-5H3,(H,83,99)(H,84,100)(H,85,101)(H,86,102)(H,87,103)/t23-,24-,25-,26-,27-,28-,29-,30-,31-,32-,33-,34-,35-,36-,37-,38-,39-,40+,41+,42-,43-,44+,45+,46-,47-,48-,49-,50-,51-,52+,53+,54+,55+,56-,57-,58-,59-,60+,61-,62-,63-,64-,65-,66+,67+,68+,69+,70+,71?,72+,73+,74+,75+,76+,77+,78+,79+,80+,81+,82-/m1/s1. The van der Waals surface area contributed by atoms with Gasteiger partial charge in [-0.25, -0.2) is 0 Å². The fourth-order valence-electron chi connectivity index (χ4n) is 19.3. The molecule has 12 rings (SSSR count). The Labute approximate surface area is 837 Å². The molecule has 66 nitrogen and oxygen atoms in total. The van der Waals surface area contributed by atoms with Crippen LogP contribution in [-0.4, -0.2) is 645 Å². The largest absolute Gasteiger partial charge is 0.394 e. The molecule has 12 aliphatic heterocycles. The number of carbonyl (C=O) groups is 5. The molecule has 1 unspecified atom stereocenters. The zero-order valence-electron chi connectivity index (χ0n) is 79.3. The van der Waals surface area contributed by atoms with Gasteiger partial charge in [0.2, 0.25) is 29.5 Å². The Kier molecular flexibility index (Phi) is 43.9. The van der Waals surface area contributed by atoms with Crippen LogP contribution < -0.4 is 26.6 Å². The first-order valence-corrected chi connectivity index (χ1v) is 47.2. The summed E-state index contributed by atoms with van der Waals surface area (Å²) in [4.78, 5) is 64.9. The zero-order chi connectivity index (χ0) is 109. The van der Waals surface area contributed by atoms with Gasteiger partial charge in [0, 0.05) is 34.6 Å². The van der Waals surface area contributed by atoms with E-state index >= 15 is 0 Å². The Morgan fingerprint density at radius 1 is 0.176 bits per heavy atom. The number of hydrogen-bond donors (Lipinski definition) is 38. The Morgan fingerprint density at radius 3 is 0.655 bits per heavy atom. The molecule has 148 heavy (non-hydrogen) atoms. The van der Waals surface area contributed by atoms with Crippen molar-refractivity contribution in [1.82, 2.24) is 26.6 Å². The van der Waals surface area contributed by atoms with Crippen molar-refractivity contribution < 1.29 is 301 Å². The third kappa shape index (κ3) is 26.7. The van der Waals surface area contributed by atoms with Gasteiger partial charge in [-0.05, 0) is 0 Å². The number of nitrogens with one attached hydrogen (secondary N) is 5. The Hall–Kier alpha value is -4.89. The summed E-state index contributed by atoms with van der Waals surface area (Å²) in [5, 5.41) is 384. The SMILES string of the molecule is CC(=O)N[C@H]1[C@H](O[C@H]2[C@H](O)[C@@H](NC(C)=O)C(O)O[C@@H]2CO)O[C@H](CO)[C@@H](O[C@@H]2O[C@H](CO[C@H]3O[C@H](CO)[C@@H](O)[C@H](O)[C@@H]3O[C@@H]3O[C@H](CO)[C@@H](O[C@@H]4O[C@H](CO)[C@H](O)[C@H](O[C@@H]5O[C@H](CO)[C@H](O)[C@H](O)[C@H]5O)[C@H]4O)[C@H](O)[C@H]3NC(C)=O)[C@@H](O)[C@H](O[C@H]3O[C@H](CO)[C@@H](O)[C@H](O)[C@@H]3O[C@@H]3O[C@H](CO)[C@@H](O[C@@H]4O[C@H](CO)[C@H](O)[C@H](O[C@@H]5O[C@H](CO)[C@@H](O[C@@H]6O[C@H](CO)[C@H](O)[C@H](O)[C@H]6O)[C@H](O)[C@H]5NC(C)=O)[C@H]4O)[C@H](O)[C@H]3NC(C)=O)[C@@H]2O)[C@@H]1O. The molecule has 0 aromatic heterocycles. The highest BCUT2D eigenvalue weighted by Crippen LogP contribution is 2.43. The van der Waals surface area contributed by atoms with Crippen LogP contribution in [0.1, 0.15) is 34.6 Å². The number of rotatable bonds is 39. The molecule has 0 aromatic rings. The van der Waals surface area contributed by atoms with Crippen LogP contribution in [0.3, 0.4) is 0 Å². The van der Waals surface area contributed by atoms with Crippen LogP contribution in [-0.2, 0) is 133 Å². The van der Waals surface area contributed by atoms with E-state index in [2.05, 4.69) is 26.6 Å². The van der Waals surface area contributed by atoms with E-state index in [1.54, 1.807) is 0 Å². The molecule has 0 aliphatic carbocycles. The average molecular weight is 2170 g/mol. The second-order valence-corrected chi connectivity index (χ2v) is 37.3. The molecule has 0 spiro atoms. The van der Waals surface area contributed by atoms with Crippen molar-refractivity contribution in [1.29, 1.82) is 0 Å². The van der Waals surface area contributed by atoms with Gasteiger partial charge in [-0.2, -0.15) is 0 Å². The van der Waals surface area contributed by atoms with Gasteiger partial charge < -0.3 is 304 Å². The number of ether oxygens (including phenoxy) is 23. The number of hydrogen-bond acceptors (Lipinski definition) is 61. The van der Waals surface area contributed by atoms with E-state index in [0.717, 1.165) is 34.6 Å². The first-order chi connectivity index (χ1) is 70.1. The van der Waals surface area contributed by atoms with Crippen molar-refractivity contribution in [3.05, 3.63) is 0 Å². The van der Waals surface area contributed by atoms with Crippen molar-refractivity contribution in [2.45, 2.75) is 403 Å². The molecule has 5 amide bonds. The number of amides is 5. The van der Waals surface area contributed by atoms with Crippen molar-refractivity contribution in [3.8, 4) is 0 Å². The Balaban J connectivity index is 0.836. The topological polar surface area (TPSA) is 1030 Å². The summed E-state index contributed by atoms with van der Waals surface area (Å²) in [7, 11) is 0. The summed E-state index contributed by atoms with van der Waals surface area (Å²) in [6.45, 7) is -9.41. The summed E-state index contributed by atoms with van der Waals surface area (Å²) in [6.07, 6.45) is -119. The molecule has 0 saturated carbocycles.